The molecule has 0 unspecified atom stereocenters. The molecule has 3 aromatic rings. The summed E-state index contributed by atoms with van der Waals surface area (Å²) in [6.45, 7) is 6.71. The molecule has 0 saturated carbocycles. The molecule has 0 aliphatic heterocycles. The second-order valence-electron chi connectivity index (χ2n) is 6.17. The fourth-order valence-electron chi connectivity index (χ4n) is 2.95. The highest BCUT2D eigenvalue weighted by Crippen LogP contribution is 2.29. The monoisotopic (exact) mass is 286 g/mol. The first-order valence-electron chi connectivity index (χ1n) is 7.91. The number of rotatable bonds is 3. The summed E-state index contributed by atoms with van der Waals surface area (Å²) in [5, 5.41) is 0. The molecule has 0 atom stereocenters. The molecule has 110 valence electrons. The van der Waals surface area contributed by atoms with E-state index in [9.17, 15) is 0 Å². The predicted molar refractivity (Wildman–Crippen MR) is 96.1 cm³/mol. The van der Waals surface area contributed by atoms with Gasteiger partial charge in [0.25, 0.3) is 0 Å². The number of benzene rings is 3. The van der Waals surface area contributed by atoms with Gasteiger partial charge >= 0.3 is 0 Å². The summed E-state index contributed by atoms with van der Waals surface area (Å²) in [5.74, 6) is 0.553. The highest BCUT2D eigenvalue weighted by Gasteiger charge is 2.07. The lowest BCUT2D eigenvalue weighted by Crippen LogP contribution is -1.92. The number of hydrogen-bond donors (Lipinski definition) is 0. The zero-order chi connectivity index (χ0) is 15.5. The largest absolute Gasteiger partial charge is 0.0622 e. The summed E-state index contributed by atoms with van der Waals surface area (Å²) < 4.78 is 0. The second kappa shape index (κ2) is 6.19. The molecule has 0 bridgehead atoms. The van der Waals surface area contributed by atoms with E-state index in [0.717, 1.165) is 0 Å². The average molecular weight is 286 g/mol. The lowest BCUT2D eigenvalue weighted by Gasteiger charge is -2.13. The van der Waals surface area contributed by atoms with Gasteiger partial charge < -0.3 is 0 Å². The van der Waals surface area contributed by atoms with Crippen molar-refractivity contribution in [2.45, 2.75) is 26.7 Å². The molecule has 0 nitrogen and oxygen atoms in total. The predicted octanol–water partition coefficient (Wildman–Crippen LogP) is 6.45. The van der Waals surface area contributed by atoms with Crippen LogP contribution < -0.4 is 0 Å². The Hall–Kier alpha value is -2.34. The quantitative estimate of drug-likeness (QED) is 0.519. The standard InChI is InChI=1S/C22H22/c1-16(2)22-15-21(13-12-17(22)3)20-11-7-10-19(14-20)18-8-5-4-6-9-18/h4-16H,1-3H3. The van der Waals surface area contributed by atoms with Gasteiger partial charge in [0.15, 0.2) is 0 Å². The van der Waals surface area contributed by atoms with Gasteiger partial charge in [0.05, 0.1) is 0 Å². The van der Waals surface area contributed by atoms with Crippen LogP contribution in [0.1, 0.15) is 30.9 Å². The average Bonchev–Trinajstić information content (AvgIpc) is 2.56. The van der Waals surface area contributed by atoms with E-state index >= 15 is 0 Å². The molecule has 0 radical (unpaired) electrons. The van der Waals surface area contributed by atoms with Crippen LogP contribution in [0.3, 0.4) is 0 Å². The molecule has 0 aliphatic carbocycles. The van der Waals surface area contributed by atoms with Crippen LogP contribution >= 0.6 is 0 Å². The van der Waals surface area contributed by atoms with Crippen molar-refractivity contribution in [3.8, 4) is 22.3 Å². The fraction of sp³-hybridized carbons (Fsp3) is 0.182. The first kappa shape index (κ1) is 14.6. The summed E-state index contributed by atoms with van der Waals surface area (Å²) >= 11 is 0. The van der Waals surface area contributed by atoms with Crippen LogP contribution in [0.2, 0.25) is 0 Å². The molecule has 3 aromatic carbocycles. The maximum absolute atomic E-state index is 2.34. The highest BCUT2D eigenvalue weighted by atomic mass is 14.1. The van der Waals surface area contributed by atoms with Crippen molar-refractivity contribution in [1.29, 1.82) is 0 Å². The Morgan fingerprint density at radius 2 is 1.18 bits per heavy atom. The Bertz CT molecular complexity index is 767. The van der Waals surface area contributed by atoms with E-state index < -0.39 is 0 Å². The van der Waals surface area contributed by atoms with E-state index in [4.69, 9.17) is 0 Å². The smallest absolute Gasteiger partial charge is 0.0178 e. The molecule has 0 aliphatic rings. The van der Waals surface area contributed by atoms with Crippen molar-refractivity contribution in [2.24, 2.45) is 0 Å². The lowest BCUT2D eigenvalue weighted by molar-refractivity contribution is 0.857. The Morgan fingerprint density at radius 1 is 0.591 bits per heavy atom. The van der Waals surface area contributed by atoms with Crippen LogP contribution in [-0.2, 0) is 0 Å². The van der Waals surface area contributed by atoms with Gasteiger partial charge in [0, 0.05) is 0 Å². The molecular formula is C22H22. The Balaban J connectivity index is 2.05. The normalized spacial score (nSPS) is 10.9. The van der Waals surface area contributed by atoms with Crippen LogP contribution in [-0.4, -0.2) is 0 Å². The minimum Gasteiger partial charge on any atom is -0.0622 e. The molecule has 22 heavy (non-hydrogen) atoms. The lowest BCUT2D eigenvalue weighted by atomic mass is 9.92. The minimum atomic E-state index is 0.553. The van der Waals surface area contributed by atoms with Crippen LogP contribution in [0.25, 0.3) is 22.3 Å². The Labute approximate surface area is 133 Å². The van der Waals surface area contributed by atoms with E-state index in [2.05, 4.69) is 93.6 Å². The van der Waals surface area contributed by atoms with Crippen molar-refractivity contribution < 1.29 is 0 Å². The molecule has 3 rings (SSSR count). The van der Waals surface area contributed by atoms with E-state index in [-0.39, 0.29) is 0 Å². The van der Waals surface area contributed by atoms with Gasteiger partial charge in [-0.05, 0) is 52.3 Å². The molecular weight excluding hydrogens is 264 g/mol. The third-order valence-corrected chi connectivity index (χ3v) is 4.20. The van der Waals surface area contributed by atoms with E-state index in [1.807, 2.05) is 0 Å². The first-order chi connectivity index (χ1) is 10.6. The van der Waals surface area contributed by atoms with Gasteiger partial charge in [-0.15, -0.1) is 0 Å². The zero-order valence-corrected chi connectivity index (χ0v) is 13.5. The maximum atomic E-state index is 2.34. The van der Waals surface area contributed by atoms with Crippen LogP contribution in [0.5, 0.6) is 0 Å². The van der Waals surface area contributed by atoms with Gasteiger partial charge in [0.1, 0.15) is 0 Å². The SMILES string of the molecule is Cc1ccc(-c2cccc(-c3ccccc3)c2)cc1C(C)C. The summed E-state index contributed by atoms with van der Waals surface area (Å²) in [4.78, 5) is 0. The number of aryl methyl sites for hydroxylation is 1. The summed E-state index contributed by atoms with van der Waals surface area (Å²) in [7, 11) is 0. The van der Waals surface area contributed by atoms with Crippen molar-refractivity contribution in [3.05, 3.63) is 83.9 Å². The van der Waals surface area contributed by atoms with Crippen molar-refractivity contribution >= 4 is 0 Å². The summed E-state index contributed by atoms with van der Waals surface area (Å²) in [6, 6.07) is 26.2. The van der Waals surface area contributed by atoms with Crippen LogP contribution in [0.4, 0.5) is 0 Å². The molecule has 0 amide bonds. The minimum absolute atomic E-state index is 0.553. The van der Waals surface area contributed by atoms with Crippen LogP contribution in [0, 0.1) is 6.92 Å². The maximum Gasteiger partial charge on any atom is -0.0178 e. The Morgan fingerprint density at radius 3 is 1.86 bits per heavy atom. The van der Waals surface area contributed by atoms with Gasteiger partial charge in [-0.25, -0.2) is 0 Å². The molecule has 0 spiro atoms. The topological polar surface area (TPSA) is 0 Å². The molecule has 0 heterocycles. The van der Waals surface area contributed by atoms with Gasteiger partial charge in [0.2, 0.25) is 0 Å². The third kappa shape index (κ3) is 2.96. The Kier molecular flexibility index (Phi) is 4.11. The highest BCUT2D eigenvalue weighted by molar-refractivity contribution is 5.73. The fourth-order valence-corrected chi connectivity index (χ4v) is 2.95. The van der Waals surface area contributed by atoms with E-state index in [1.54, 1.807) is 0 Å². The van der Waals surface area contributed by atoms with Gasteiger partial charge in [-0.2, -0.15) is 0 Å². The molecule has 0 heteroatoms. The zero-order valence-electron chi connectivity index (χ0n) is 13.5. The van der Waals surface area contributed by atoms with E-state index in [1.165, 1.54) is 33.4 Å². The van der Waals surface area contributed by atoms with Gasteiger partial charge in [-0.3, -0.25) is 0 Å². The van der Waals surface area contributed by atoms with Crippen molar-refractivity contribution in [3.63, 3.8) is 0 Å². The van der Waals surface area contributed by atoms with E-state index in [0.29, 0.717) is 5.92 Å². The van der Waals surface area contributed by atoms with Crippen LogP contribution in [0.15, 0.2) is 72.8 Å². The third-order valence-electron chi connectivity index (χ3n) is 4.20. The first-order valence-corrected chi connectivity index (χ1v) is 7.91. The van der Waals surface area contributed by atoms with Crippen molar-refractivity contribution in [1.82, 2.24) is 0 Å². The molecule has 0 fully saturated rings. The molecule has 0 saturated heterocycles. The molecule has 0 N–H and O–H groups in total. The van der Waals surface area contributed by atoms with Gasteiger partial charge in [-0.1, -0.05) is 80.6 Å². The molecule has 0 aromatic heterocycles. The number of hydrogen-bond acceptors (Lipinski definition) is 0. The van der Waals surface area contributed by atoms with Crippen molar-refractivity contribution in [2.75, 3.05) is 0 Å². The summed E-state index contributed by atoms with van der Waals surface area (Å²) in [6.07, 6.45) is 0. The summed E-state index contributed by atoms with van der Waals surface area (Å²) in [5.41, 5.74) is 7.92. The second-order valence-corrected chi connectivity index (χ2v) is 6.17.